The second kappa shape index (κ2) is 7.09. The average Bonchev–Trinajstić information content (AvgIpc) is 2.84. The lowest BCUT2D eigenvalue weighted by Gasteiger charge is -2.18. The highest BCUT2D eigenvalue weighted by atomic mass is 16.5. The van der Waals surface area contributed by atoms with E-state index in [0.717, 1.165) is 54.6 Å². The van der Waals surface area contributed by atoms with Crippen molar-refractivity contribution < 1.29 is 19.2 Å². The minimum Gasteiger partial charge on any atom is -0.479 e. The molecule has 6 nitrogen and oxygen atoms in total. The summed E-state index contributed by atoms with van der Waals surface area (Å²) < 4.78 is 5.32. The fourth-order valence-electron chi connectivity index (χ4n) is 3.30. The Labute approximate surface area is 146 Å². The van der Waals surface area contributed by atoms with Crippen LogP contribution in [0, 0.1) is 13.8 Å². The van der Waals surface area contributed by atoms with Gasteiger partial charge in [0.1, 0.15) is 5.76 Å². The van der Waals surface area contributed by atoms with Crippen molar-refractivity contribution in [1.82, 2.24) is 10.5 Å². The van der Waals surface area contributed by atoms with Crippen LogP contribution in [0.4, 0.5) is 0 Å². The second-order valence-electron chi connectivity index (χ2n) is 6.53. The topological polar surface area (TPSA) is 92.4 Å². The number of fused-ring (bicyclic) bond motifs is 1. The monoisotopic (exact) mass is 342 g/mol. The van der Waals surface area contributed by atoms with Crippen LogP contribution in [0.2, 0.25) is 0 Å². The molecule has 1 aliphatic carbocycles. The molecule has 1 aromatic heterocycles. The molecule has 1 unspecified atom stereocenters. The van der Waals surface area contributed by atoms with Gasteiger partial charge in [-0.3, -0.25) is 4.79 Å². The number of hydrogen-bond donors (Lipinski definition) is 2. The first-order valence-corrected chi connectivity index (χ1v) is 8.56. The largest absolute Gasteiger partial charge is 0.479 e. The van der Waals surface area contributed by atoms with Gasteiger partial charge in [-0.1, -0.05) is 29.8 Å². The molecule has 0 spiro atoms. The summed E-state index contributed by atoms with van der Waals surface area (Å²) in [5, 5.41) is 16.1. The number of nitrogens with one attached hydrogen (secondary N) is 1. The maximum atomic E-state index is 12.7. The Balaban J connectivity index is 1.89. The van der Waals surface area contributed by atoms with Crippen molar-refractivity contribution in [2.75, 3.05) is 0 Å². The summed E-state index contributed by atoms with van der Waals surface area (Å²) in [6, 6.07) is 4.31. The number of aliphatic carboxylic acids is 1. The van der Waals surface area contributed by atoms with Gasteiger partial charge in [0.25, 0.3) is 5.91 Å². The van der Waals surface area contributed by atoms with Gasteiger partial charge in [-0.15, -0.1) is 0 Å². The summed E-state index contributed by atoms with van der Waals surface area (Å²) in [6.07, 6.45) is 4.60. The SMILES string of the molecule is Cc1cccc(C(NC(=O)c2noc3c2CCCCC3)C(=O)O)c1C. The van der Waals surface area contributed by atoms with Crippen molar-refractivity contribution in [2.45, 2.75) is 52.0 Å². The van der Waals surface area contributed by atoms with E-state index in [1.807, 2.05) is 19.9 Å². The van der Waals surface area contributed by atoms with Crippen molar-refractivity contribution in [2.24, 2.45) is 0 Å². The molecule has 6 heteroatoms. The highest BCUT2D eigenvalue weighted by Gasteiger charge is 2.29. The third kappa shape index (κ3) is 3.43. The van der Waals surface area contributed by atoms with Crippen LogP contribution in [-0.2, 0) is 17.6 Å². The zero-order valence-corrected chi connectivity index (χ0v) is 14.5. The van der Waals surface area contributed by atoms with E-state index in [9.17, 15) is 14.7 Å². The number of benzene rings is 1. The van der Waals surface area contributed by atoms with Crippen molar-refractivity contribution in [1.29, 1.82) is 0 Å². The van der Waals surface area contributed by atoms with E-state index >= 15 is 0 Å². The van der Waals surface area contributed by atoms with Gasteiger partial charge < -0.3 is 14.9 Å². The number of carbonyl (C=O) groups is 2. The maximum absolute atomic E-state index is 12.7. The molecule has 1 aliphatic rings. The highest BCUT2D eigenvalue weighted by Crippen LogP contribution is 2.25. The van der Waals surface area contributed by atoms with Gasteiger partial charge in [0.2, 0.25) is 0 Å². The molecule has 1 heterocycles. The van der Waals surface area contributed by atoms with E-state index in [1.54, 1.807) is 12.1 Å². The van der Waals surface area contributed by atoms with Crippen LogP contribution in [-0.4, -0.2) is 22.1 Å². The standard InChI is InChI=1S/C19H22N2O4/c1-11-7-6-9-13(12(11)2)17(19(23)24)20-18(22)16-14-8-4-3-5-10-15(14)25-21-16/h6-7,9,17H,3-5,8,10H2,1-2H3,(H,20,22)(H,23,24). The Bertz CT molecular complexity index is 810. The Kier molecular flexibility index (Phi) is 4.88. The van der Waals surface area contributed by atoms with E-state index in [4.69, 9.17) is 4.52 Å². The number of carboxylic acids is 1. The quantitative estimate of drug-likeness (QED) is 0.833. The highest BCUT2D eigenvalue weighted by molar-refractivity contribution is 5.96. The van der Waals surface area contributed by atoms with Crippen molar-refractivity contribution in [3.05, 3.63) is 51.9 Å². The molecule has 1 aromatic carbocycles. The molecule has 1 atom stereocenters. The van der Waals surface area contributed by atoms with Crippen LogP contribution >= 0.6 is 0 Å². The molecule has 2 aromatic rings. The minimum absolute atomic E-state index is 0.216. The molecule has 2 N–H and O–H groups in total. The average molecular weight is 342 g/mol. The van der Waals surface area contributed by atoms with E-state index in [2.05, 4.69) is 10.5 Å². The summed E-state index contributed by atoms with van der Waals surface area (Å²) in [7, 11) is 0. The molecule has 132 valence electrons. The Morgan fingerprint density at radius 1 is 1.20 bits per heavy atom. The zero-order chi connectivity index (χ0) is 18.0. The predicted molar refractivity (Wildman–Crippen MR) is 91.5 cm³/mol. The lowest BCUT2D eigenvalue weighted by molar-refractivity contribution is -0.139. The summed E-state index contributed by atoms with van der Waals surface area (Å²) in [4.78, 5) is 24.4. The number of carboxylic acid groups (broad SMARTS) is 1. The van der Waals surface area contributed by atoms with Crippen molar-refractivity contribution >= 4 is 11.9 Å². The lowest BCUT2D eigenvalue weighted by atomic mass is 9.97. The number of aryl methyl sites for hydroxylation is 2. The number of carbonyl (C=O) groups excluding carboxylic acids is 1. The first-order chi connectivity index (χ1) is 12.0. The van der Waals surface area contributed by atoms with Gasteiger partial charge >= 0.3 is 5.97 Å². The van der Waals surface area contributed by atoms with Crippen LogP contribution in [0.1, 0.15) is 63.8 Å². The minimum atomic E-state index is -1.12. The predicted octanol–water partition coefficient (Wildman–Crippen LogP) is 3.12. The normalized spacial score (nSPS) is 15.1. The first-order valence-electron chi connectivity index (χ1n) is 8.56. The number of aromatic nitrogens is 1. The van der Waals surface area contributed by atoms with E-state index in [1.165, 1.54) is 0 Å². The van der Waals surface area contributed by atoms with Gasteiger partial charge in [-0.2, -0.15) is 0 Å². The van der Waals surface area contributed by atoms with Crippen molar-refractivity contribution in [3.8, 4) is 0 Å². The van der Waals surface area contributed by atoms with Crippen LogP contribution in [0.5, 0.6) is 0 Å². The summed E-state index contributed by atoms with van der Waals surface area (Å²) in [6.45, 7) is 3.77. The Hall–Kier alpha value is -2.63. The summed E-state index contributed by atoms with van der Waals surface area (Å²) >= 11 is 0. The smallest absolute Gasteiger partial charge is 0.330 e. The second-order valence-corrected chi connectivity index (χ2v) is 6.53. The third-order valence-corrected chi connectivity index (χ3v) is 4.90. The number of hydrogen-bond acceptors (Lipinski definition) is 4. The number of nitrogens with zero attached hydrogens (tertiary/aromatic N) is 1. The molecule has 0 bridgehead atoms. The molecule has 25 heavy (non-hydrogen) atoms. The Morgan fingerprint density at radius 2 is 1.96 bits per heavy atom. The van der Waals surface area contributed by atoms with Gasteiger partial charge in [0.15, 0.2) is 11.7 Å². The molecule has 1 amide bonds. The van der Waals surface area contributed by atoms with E-state index < -0.39 is 17.9 Å². The van der Waals surface area contributed by atoms with Crippen LogP contribution in [0.25, 0.3) is 0 Å². The van der Waals surface area contributed by atoms with Gasteiger partial charge in [0.05, 0.1) is 0 Å². The van der Waals surface area contributed by atoms with Gasteiger partial charge in [-0.05, 0) is 49.8 Å². The molecule has 0 aliphatic heterocycles. The van der Waals surface area contributed by atoms with Gasteiger partial charge in [0, 0.05) is 12.0 Å². The van der Waals surface area contributed by atoms with E-state index in [-0.39, 0.29) is 5.69 Å². The molecule has 0 fully saturated rings. The first kappa shape index (κ1) is 17.2. The van der Waals surface area contributed by atoms with Crippen LogP contribution in [0.15, 0.2) is 22.7 Å². The molecule has 0 saturated heterocycles. The molecular formula is C19H22N2O4. The lowest BCUT2D eigenvalue weighted by Crippen LogP contribution is -2.35. The van der Waals surface area contributed by atoms with Crippen LogP contribution in [0.3, 0.4) is 0 Å². The van der Waals surface area contributed by atoms with Crippen LogP contribution < -0.4 is 5.32 Å². The number of rotatable bonds is 4. The molecule has 0 radical (unpaired) electrons. The van der Waals surface area contributed by atoms with E-state index in [0.29, 0.717) is 5.56 Å². The zero-order valence-electron chi connectivity index (χ0n) is 14.5. The molecular weight excluding hydrogens is 320 g/mol. The fraction of sp³-hybridized carbons (Fsp3) is 0.421. The van der Waals surface area contributed by atoms with Gasteiger partial charge in [-0.25, -0.2) is 4.79 Å². The molecule has 3 rings (SSSR count). The summed E-state index contributed by atoms with van der Waals surface area (Å²) in [5.41, 5.74) is 3.45. The Morgan fingerprint density at radius 3 is 2.72 bits per heavy atom. The van der Waals surface area contributed by atoms with Crippen molar-refractivity contribution in [3.63, 3.8) is 0 Å². The fourth-order valence-corrected chi connectivity index (χ4v) is 3.30. The number of amides is 1. The molecule has 0 saturated carbocycles. The maximum Gasteiger partial charge on any atom is 0.330 e. The summed E-state index contributed by atoms with van der Waals surface area (Å²) in [5.74, 6) is -0.849. The third-order valence-electron chi connectivity index (χ3n) is 4.90.